The number of aryl methyl sites for hydroxylation is 1. The molecule has 0 aliphatic heterocycles. The molecule has 0 fully saturated rings. The average Bonchev–Trinajstić information content (AvgIpc) is 2.55. The number of anilines is 1. The first-order chi connectivity index (χ1) is 7.43. The van der Waals surface area contributed by atoms with E-state index in [4.69, 9.17) is 5.11 Å². The Hall–Kier alpha value is -1.63. The first-order valence-corrected chi connectivity index (χ1v) is 5.34. The molecule has 0 aliphatic carbocycles. The summed E-state index contributed by atoms with van der Waals surface area (Å²) in [5, 5.41) is 12.1. The molecule has 0 saturated carbocycles. The predicted octanol–water partition coefficient (Wildman–Crippen LogP) is 0.650. The lowest BCUT2D eigenvalue weighted by atomic mass is 10.2. The van der Waals surface area contributed by atoms with Crippen molar-refractivity contribution in [1.29, 1.82) is 0 Å². The fourth-order valence-corrected chi connectivity index (χ4v) is 1.84. The van der Waals surface area contributed by atoms with Crippen molar-refractivity contribution < 1.29 is 14.7 Å². The number of hydrogen-bond acceptors (Lipinski definition) is 5. The van der Waals surface area contributed by atoms with Gasteiger partial charge in [-0.05, 0) is 18.5 Å². The minimum Gasteiger partial charge on any atom is -0.478 e. The predicted molar refractivity (Wildman–Crippen MR) is 61.0 cm³/mol. The monoisotopic (exact) mass is 243 g/mol. The van der Waals surface area contributed by atoms with Crippen LogP contribution in [0.3, 0.4) is 0 Å². The maximum Gasteiger partial charge on any atom is 0.340 e. The van der Waals surface area contributed by atoms with Gasteiger partial charge >= 0.3 is 5.97 Å². The third-order valence-corrected chi connectivity index (χ3v) is 2.87. The second kappa shape index (κ2) is 4.93. The zero-order valence-electron chi connectivity index (χ0n) is 9.27. The maximum absolute atomic E-state index is 11.3. The van der Waals surface area contributed by atoms with Crippen LogP contribution in [0.1, 0.15) is 16.1 Å². The lowest BCUT2D eigenvalue weighted by Gasteiger charge is -2.10. The van der Waals surface area contributed by atoms with Crippen molar-refractivity contribution in [2.45, 2.75) is 6.92 Å². The molecule has 0 atom stereocenters. The number of carbonyl (C=O) groups is 2. The summed E-state index contributed by atoms with van der Waals surface area (Å²) in [5.41, 5.74) is 0.592. The first kappa shape index (κ1) is 12.4. The Labute approximate surface area is 97.0 Å². The molecule has 88 valence electrons. The molecule has 0 unspecified atom stereocenters. The van der Waals surface area contributed by atoms with Crippen LogP contribution in [0.25, 0.3) is 0 Å². The summed E-state index contributed by atoms with van der Waals surface area (Å²) < 4.78 is 3.93. The van der Waals surface area contributed by atoms with Crippen molar-refractivity contribution in [3.63, 3.8) is 0 Å². The van der Waals surface area contributed by atoms with Gasteiger partial charge in [0.15, 0.2) is 0 Å². The van der Waals surface area contributed by atoms with Gasteiger partial charge in [0.25, 0.3) is 0 Å². The average molecular weight is 243 g/mol. The normalized spacial score (nSPS) is 9.94. The summed E-state index contributed by atoms with van der Waals surface area (Å²) in [6, 6.07) is 0. The smallest absolute Gasteiger partial charge is 0.340 e. The number of likely N-dealkylation sites (N-methyl/N-ethyl adjacent to an activating group) is 1. The third-order valence-electron chi connectivity index (χ3n) is 1.98. The molecule has 0 bridgehead atoms. The number of carbonyl (C=O) groups excluding carboxylic acids is 1. The molecule has 1 aromatic heterocycles. The molecule has 0 aromatic carbocycles. The van der Waals surface area contributed by atoms with E-state index >= 15 is 0 Å². The van der Waals surface area contributed by atoms with Gasteiger partial charge < -0.3 is 15.3 Å². The largest absolute Gasteiger partial charge is 0.478 e. The van der Waals surface area contributed by atoms with E-state index in [1.807, 2.05) is 0 Å². The van der Waals surface area contributed by atoms with Crippen molar-refractivity contribution in [2.75, 3.05) is 26.0 Å². The molecule has 1 aromatic rings. The van der Waals surface area contributed by atoms with Crippen molar-refractivity contribution in [1.82, 2.24) is 9.27 Å². The Morgan fingerprint density at radius 2 is 2.12 bits per heavy atom. The van der Waals surface area contributed by atoms with Gasteiger partial charge in [-0.2, -0.15) is 4.37 Å². The minimum atomic E-state index is -1.04. The zero-order valence-corrected chi connectivity index (χ0v) is 10.1. The van der Waals surface area contributed by atoms with Gasteiger partial charge in [-0.1, -0.05) is 0 Å². The molecule has 0 spiro atoms. The highest BCUT2D eigenvalue weighted by molar-refractivity contribution is 7.10. The van der Waals surface area contributed by atoms with E-state index in [2.05, 4.69) is 9.69 Å². The molecule has 0 radical (unpaired) electrons. The minimum absolute atomic E-state index is 0.0644. The molecule has 16 heavy (non-hydrogen) atoms. The van der Waals surface area contributed by atoms with Gasteiger partial charge in [0, 0.05) is 14.1 Å². The number of carboxylic acid groups (broad SMARTS) is 1. The fourth-order valence-electron chi connectivity index (χ4n) is 1.06. The Morgan fingerprint density at radius 3 is 2.62 bits per heavy atom. The number of rotatable bonds is 4. The molecule has 7 heteroatoms. The van der Waals surface area contributed by atoms with Gasteiger partial charge in [0.1, 0.15) is 10.6 Å². The van der Waals surface area contributed by atoms with Crippen molar-refractivity contribution >= 4 is 28.4 Å². The molecule has 0 saturated heterocycles. The highest BCUT2D eigenvalue weighted by Gasteiger charge is 2.17. The van der Waals surface area contributed by atoms with Crippen LogP contribution in [-0.2, 0) is 4.79 Å². The van der Waals surface area contributed by atoms with E-state index in [9.17, 15) is 9.59 Å². The molecule has 1 heterocycles. The zero-order chi connectivity index (χ0) is 12.3. The summed E-state index contributed by atoms with van der Waals surface area (Å²) in [6.07, 6.45) is 0. The molecule has 6 nitrogen and oxygen atoms in total. The Morgan fingerprint density at radius 1 is 1.50 bits per heavy atom. The van der Waals surface area contributed by atoms with Gasteiger partial charge in [0.05, 0.1) is 12.2 Å². The summed E-state index contributed by atoms with van der Waals surface area (Å²) in [5.74, 6) is -1.16. The SMILES string of the molecule is Cc1nsc(NCC(=O)N(C)C)c1C(=O)O. The fraction of sp³-hybridized carbons (Fsp3) is 0.444. The van der Waals surface area contributed by atoms with Crippen LogP contribution in [0.4, 0.5) is 5.00 Å². The van der Waals surface area contributed by atoms with Gasteiger partial charge in [-0.3, -0.25) is 4.79 Å². The Bertz CT molecular complexity index is 414. The summed E-state index contributed by atoms with van der Waals surface area (Å²) in [7, 11) is 3.28. The number of nitrogens with zero attached hydrogens (tertiary/aromatic N) is 2. The van der Waals surface area contributed by atoms with Crippen molar-refractivity contribution in [2.24, 2.45) is 0 Å². The molecular formula is C9H13N3O3S. The van der Waals surface area contributed by atoms with Crippen LogP contribution < -0.4 is 5.32 Å². The van der Waals surface area contributed by atoms with E-state index in [0.717, 1.165) is 11.5 Å². The molecule has 2 N–H and O–H groups in total. The Balaban J connectivity index is 2.75. The van der Waals surface area contributed by atoms with Gasteiger partial charge in [-0.25, -0.2) is 4.79 Å². The molecule has 1 rings (SSSR count). The van der Waals surface area contributed by atoms with Crippen LogP contribution in [0, 0.1) is 6.92 Å². The standard InChI is InChI=1S/C9H13N3O3S/c1-5-7(9(14)15)8(16-11-5)10-4-6(13)12(2)3/h10H,4H2,1-3H3,(H,14,15). The second-order valence-electron chi connectivity index (χ2n) is 3.42. The van der Waals surface area contributed by atoms with Gasteiger partial charge in [0.2, 0.25) is 5.91 Å². The summed E-state index contributed by atoms with van der Waals surface area (Å²) >= 11 is 1.05. The number of nitrogens with one attached hydrogen (secondary N) is 1. The molecule has 0 aliphatic rings. The number of aromatic nitrogens is 1. The van der Waals surface area contributed by atoms with Crippen LogP contribution >= 0.6 is 11.5 Å². The first-order valence-electron chi connectivity index (χ1n) is 4.57. The van der Waals surface area contributed by atoms with Crippen molar-refractivity contribution in [3.05, 3.63) is 11.3 Å². The van der Waals surface area contributed by atoms with Crippen LogP contribution in [0.5, 0.6) is 0 Å². The van der Waals surface area contributed by atoms with E-state index in [1.165, 1.54) is 4.90 Å². The topological polar surface area (TPSA) is 82.5 Å². The highest BCUT2D eigenvalue weighted by Crippen LogP contribution is 2.23. The number of aromatic carboxylic acids is 1. The Kier molecular flexibility index (Phi) is 3.83. The molecule has 1 amide bonds. The van der Waals surface area contributed by atoms with Gasteiger partial charge in [-0.15, -0.1) is 0 Å². The quantitative estimate of drug-likeness (QED) is 0.811. The summed E-state index contributed by atoms with van der Waals surface area (Å²) in [4.78, 5) is 23.6. The van der Waals surface area contributed by atoms with Crippen LogP contribution in [0.2, 0.25) is 0 Å². The number of hydrogen-bond donors (Lipinski definition) is 2. The van der Waals surface area contributed by atoms with E-state index in [1.54, 1.807) is 21.0 Å². The van der Waals surface area contributed by atoms with E-state index < -0.39 is 5.97 Å². The van der Waals surface area contributed by atoms with Crippen LogP contribution in [0.15, 0.2) is 0 Å². The number of carboxylic acids is 1. The third kappa shape index (κ3) is 2.69. The van der Waals surface area contributed by atoms with E-state index in [-0.39, 0.29) is 18.0 Å². The second-order valence-corrected chi connectivity index (χ2v) is 4.19. The number of amides is 1. The van der Waals surface area contributed by atoms with Crippen LogP contribution in [-0.4, -0.2) is 46.9 Å². The highest BCUT2D eigenvalue weighted by atomic mass is 32.1. The lowest BCUT2D eigenvalue weighted by molar-refractivity contribution is -0.126. The lowest BCUT2D eigenvalue weighted by Crippen LogP contribution is -2.28. The molecular weight excluding hydrogens is 230 g/mol. The van der Waals surface area contributed by atoms with Crippen molar-refractivity contribution in [3.8, 4) is 0 Å². The maximum atomic E-state index is 11.3. The summed E-state index contributed by atoms with van der Waals surface area (Å²) in [6.45, 7) is 1.69. The van der Waals surface area contributed by atoms with E-state index in [0.29, 0.717) is 10.7 Å².